The van der Waals surface area contributed by atoms with Gasteiger partial charge in [0.2, 0.25) is 0 Å². The SMILES string of the molecule is O=C(c1cccnc1SCC=Cc1ccccc1)N1CCOCC(O)C1. The average Bonchev–Trinajstić information content (AvgIpc) is 2.90. The molecule has 1 unspecified atom stereocenters. The first-order chi connectivity index (χ1) is 12.7. The molecule has 2 aromatic rings. The summed E-state index contributed by atoms with van der Waals surface area (Å²) in [5.41, 5.74) is 1.71. The highest BCUT2D eigenvalue weighted by Gasteiger charge is 2.24. The highest BCUT2D eigenvalue weighted by Crippen LogP contribution is 2.22. The molecule has 2 heterocycles. The van der Waals surface area contributed by atoms with Gasteiger partial charge in [-0.3, -0.25) is 4.79 Å². The van der Waals surface area contributed by atoms with E-state index < -0.39 is 6.10 Å². The molecule has 5 nitrogen and oxygen atoms in total. The Morgan fingerprint density at radius 2 is 2.15 bits per heavy atom. The number of pyridine rings is 1. The molecular formula is C20H22N2O3S. The fraction of sp³-hybridized carbons (Fsp3) is 0.300. The van der Waals surface area contributed by atoms with Gasteiger partial charge in [0.15, 0.2) is 0 Å². The third-order valence-corrected chi connectivity index (χ3v) is 4.92. The van der Waals surface area contributed by atoms with Gasteiger partial charge in [-0.25, -0.2) is 4.98 Å². The Morgan fingerprint density at radius 3 is 3.00 bits per heavy atom. The van der Waals surface area contributed by atoms with Crippen molar-refractivity contribution in [2.45, 2.75) is 11.1 Å². The Kier molecular flexibility index (Phi) is 6.82. The number of benzene rings is 1. The molecule has 0 spiro atoms. The van der Waals surface area contributed by atoms with Crippen LogP contribution >= 0.6 is 11.8 Å². The molecule has 0 bridgehead atoms. The van der Waals surface area contributed by atoms with Crippen LogP contribution in [0.3, 0.4) is 0 Å². The van der Waals surface area contributed by atoms with Gasteiger partial charge in [-0.05, 0) is 17.7 Å². The van der Waals surface area contributed by atoms with Crippen molar-refractivity contribution in [1.82, 2.24) is 9.88 Å². The Morgan fingerprint density at radius 1 is 1.31 bits per heavy atom. The van der Waals surface area contributed by atoms with Crippen molar-refractivity contribution in [2.24, 2.45) is 0 Å². The van der Waals surface area contributed by atoms with Crippen molar-refractivity contribution >= 4 is 23.7 Å². The molecule has 1 amide bonds. The van der Waals surface area contributed by atoms with Crippen LogP contribution < -0.4 is 0 Å². The number of thioether (sulfide) groups is 1. The van der Waals surface area contributed by atoms with E-state index in [0.717, 1.165) is 11.3 Å². The summed E-state index contributed by atoms with van der Waals surface area (Å²) in [7, 11) is 0. The number of carbonyl (C=O) groups is 1. The van der Waals surface area contributed by atoms with Crippen molar-refractivity contribution in [3.05, 3.63) is 65.9 Å². The number of ether oxygens (including phenoxy) is 1. The van der Waals surface area contributed by atoms with Crippen LogP contribution in [0.4, 0.5) is 0 Å². The summed E-state index contributed by atoms with van der Waals surface area (Å²) in [5, 5.41) is 10.6. The standard InChI is InChI=1S/C20H22N2O3S/c23-17-14-22(11-12-25-15-17)20(24)18-9-4-10-21-19(18)26-13-5-8-16-6-2-1-3-7-16/h1-10,17,23H,11-15H2. The molecule has 0 saturated carbocycles. The van der Waals surface area contributed by atoms with Crippen LogP contribution in [0.2, 0.25) is 0 Å². The van der Waals surface area contributed by atoms with E-state index in [9.17, 15) is 9.90 Å². The fourth-order valence-corrected chi connectivity index (χ4v) is 3.49. The van der Waals surface area contributed by atoms with Gasteiger partial charge in [-0.1, -0.05) is 42.5 Å². The number of β-amino-alcohol motifs (C(OH)–C–C–N with tert-alkyl or cyclic N) is 1. The number of aliphatic hydroxyl groups is 1. The molecule has 0 radical (unpaired) electrons. The van der Waals surface area contributed by atoms with Crippen LogP contribution in [0, 0.1) is 0 Å². The molecule has 1 aliphatic rings. The first-order valence-corrected chi connectivity index (χ1v) is 9.57. The number of rotatable bonds is 5. The lowest BCUT2D eigenvalue weighted by molar-refractivity contribution is 0.0533. The van der Waals surface area contributed by atoms with Crippen molar-refractivity contribution in [3.63, 3.8) is 0 Å². The number of aliphatic hydroxyl groups excluding tert-OH is 1. The predicted molar refractivity (Wildman–Crippen MR) is 103 cm³/mol. The van der Waals surface area contributed by atoms with E-state index >= 15 is 0 Å². The zero-order valence-electron chi connectivity index (χ0n) is 14.5. The average molecular weight is 370 g/mol. The smallest absolute Gasteiger partial charge is 0.256 e. The monoisotopic (exact) mass is 370 g/mol. The van der Waals surface area contributed by atoms with E-state index in [1.165, 1.54) is 11.8 Å². The quantitative estimate of drug-likeness (QED) is 0.820. The van der Waals surface area contributed by atoms with E-state index in [0.29, 0.717) is 23.7 Å². The zero-order chi connectivity index (χ0) is 18.2. The van der Waals surface area contributed by atoms with Gasteiger partial charge in [-0.15, -0.1) is 11.8 Å². The van der Waals surface area contributed by atoms with Crippen LogP contribution in [-0.2, 0) is 4.74 Å². The van der Waals surface area contributed by atoms with E-state index in [1.54, 1.807) is 23.2 Å². The number of carbonyl (C=O) groups excluding carboxylic acids is 1. The van der Waals surface area contributed by atoms with Crippen molar-refractivity contribution < 1.29 is 14.6 Å². The molecule has 1 aromatic heterocycles. The van der Waals surface area contributed by atoms with Crippen LogP contribution in [-0.4, -0.2) is 59.1 Å². The molecule has 3 rings (SSSR count). The fourth-order valence-electron chi connectivity index (χ4n) is 2.69. The van der Waals surface area contributed by atoms with Crippen LogP contribution in [0.1, 0.15) is 15.9 Å². The molecule has 1 aliphatic heterocycles. The number of nitrogens with zero attached hydrogens (tertiary/aromatic N) is 2. The topological polar surface area (TPSA) is 62.7 Å². The van der Waals surface area contributed by atoms with E-state index in [-0.39, 0.29) is 19.1 Å². The summed E-state index contributed by atoms with van der Waals surface area (Å²) in [6.45, 7) is 1.46. The summed E-state index contributed by atoms with van der Waals surface area (Å²) in [4.78, 5) is 18.9. The Labute approximate surface area is 157 Å². The Bertz CT molecular complexity index is 752. The lowest BCUT2D eigenvalue weighted by Crippen LogP contribution is -2.38. The van der Waals surface area contributed by atoms with Gasteiger partial charge in [0.1, 0.15) is 5.03 Å². The van der Waals surface area contributed by atoms with Crippen molar-refractivity contribution in [3.8, 4) is 0 Å². The van der Waals surface area contributed by atoms with Crippen molar-refractivity contribution in [2.75, 3.05) is 32.1 Å². The molecule has 0 aliphatic carbocycles. The molecule has 1 saturated heterocycles. The second-order valence-corrected chi connectivity index (χ2v) is 6.97. The minimum Gasteiger partial charge on any atom is -0.389 e. The minimum absolute atomic E-state index is 0.114. The van der Waals surface area contributed by atoms with Gasteiger partial charge < -0.3 is 14.7 Å². The second kappa shape index (κ2) is 9.52. The maximum Gasteiger partial charge on any atom is 0.256 e. The summed E-state index contributed by atoms with van der Waals surface area (Å²) >= 11 is 1.53. The molecule has 136 valence electrons. The third kappa shape index (κ3) is 5.17. The van der Waals surface area contributed by atoms with Crippen molar-refractivity contribution in [1.29, 1.82) is 0 Å². The normalized spacial score (nSPS) is 18.0. The van der Waals surface area contributed by atoms with Crippen LogP contribution in [0.25, 0.3) is 6.08 Å². The summed E-state index contributed by atoms with van der Waals surface area (Å²) in [5.74, 6) is 0.606. The number of hydrogen-bond acceptors (Lipinski definition) is 5. The van der Waals surface area contributed by atoms with Crippen LogP contribution in [0.15, 0.2) is 59.8 Å². The summed E-state index contributed by atoms with van der Waals surface area (Å²) in [6.07, 6.45) is 5.16. The van der Waals surface area contributed by atoms with E-state index in [2.05, 4.69) is 17.1 Å². The summed E-state index contributed by atoms with van der Waals surface area (Å²) in [6, 6.07) is 13.6. The molecule has 1 fully saturated rings. The first kappa shape index (κ1) is 18.6. The molecule has 1 aromatic carbocycles. The lowest BCUT2D eigenvalue weighted by Gasteiger charge is -2.22. The van der Waals surface area contributed by atoms with Crippen LogP contribution in [0.5, 0.6) is 0 Å². The number of amides is 1. The predicted octanol–water partition coefficient (Wildman–Crippen LogP) is 2.72. The Hall–Kier alpha value is -2.15. The molecule has 1 atom stereocenters. The Balaban J connectivity index is 1.65. The molecular weight excluding hydrogens is 348 g/mol. The second-order valence-electron chi connectivity index (χ2n) is 5.96. The minimum atomic E-state index is -0.650. The van der Waals surface area contributed by atoms with Gasteiger partial charge in [0.05, 0.1) is 24.9 Å². The maximum atomic E-state index is 12.9. The van der Waals surface area contributed by atoms with Gasteiger partial charge >= 0.3 is 0 Å². The maximum absolute atomic E-state index is 12.9. The van der Waals surface area contributed by atoms with E-state index in [1.807, 2.05) is 30.3 Å². The largest absolute Gasteiger partial charge is 0.389 e. The van der Waals surface area contributed by atoms with Gasteiger partial charge in [0, 0.05) is 25.0 Å². The first-order valence-electron chi connectivity index (χ1n) is 8.58. The molecule has 26 heavy (non-hydrogen) atoms. The summed E-state index contributed by atoms with van der Waals surface area (Å²) < 4.78 is 5.30. The number of aromatic nitrogens is 1. The lowest BCUT2D eigenvalue weighted by atomic mass is 10.2. The highest BCUT2D eigenvalue weighted by molar-refractivity contribution is 7.99. The van der Waals surface area contributed by atoms with Gasteiger partial charge in [-0.2, -0.15) is 0 Å². The van der Waals surface area contributed by atoms with E-state index in [4.69, 9.17) is 4.74 Å². The zero-order valence-corrected chi connectivity index (χ0v) is 15.3. The van der Waals surface area contributed by atoms with Gasteiger partial charge in [0.25, 0.3) is 5.91 Å². The molecule has 1 N–H and O–H groups in total. The number of hydrogen-bond donors (Lipinski definition) is 1. The highest BCUT2D eigenvalue weighted by atomic mass is 32.2. The molecule has 6 heteroatoms. The third-order valence-electron chi connectivity index (χ3n) is 3.96.